The topological polar surface area (TPSA) is 142 Å². The second-order valence-electron chi connectivity index (χ2n) is 7.36. The van der Waals surface area contributed by atoms with Gasteiger partial charge in [0.2, 0.25) is 5.91 Å². The minimum atomic E-state index is -3.90. The molecular formula is C21H34NO8PS. The van der Waals surface area contributed by atoms with E-state index in [9.17, 15) is 14.2 Å². The largest absolute Gasteiger partial charge is 0.497 e. The van der Waals surface area contributed by atoms with Gasteiger partial charge in [0.05, 0.1) is 19.9 Å². The molecule has 1 amide bonds. The number of aliphatic carboxylic acids is 1. The van der Waals surface area contributed by atoms with Crippen LogP contribution in [0.25, 0.3) is 0 Å². The smallest absolute Gasteiger partial charge is 0.325 e. The summed E-state index contributed by atoms with van der Waals surface area (Å²) in [7, 11) is -0.853. The molecule has 0 aliphatic heterocycles. The third-order valence-corrected chi connectivity index (χ3v) is 6.68. The maximum absolute atomic E-state index is 12.5. The van der Waals surface area contributed by atoms with Crippen molar-refractivity contribution in [2.75, 3.05) is 31.5 Å². The van der Waals surface area contributed by atoms with E-state index in [0.29, 0.717) is 48.6 Å². The van der Waals surface area contributed by atoms with Crippen LogP contribution in [0, 0.1) is 0 Å². The first-order valence-electron chi connectivity index (χ1n) is 10.6. The molecule has 1 rings (SSSR count). The number of unbranched alkanes of at least 4 members (excludes halogenated alkanes) is 5. The number of carbonyl (C=O) groups is 2. The summed E-state index contributed by atoms with van der Waals surface area (Å²) < 4.78 is 21.5. The van der Waals surface area contributed by atoms with Gasteiger partial charge in [-0.3, -0.25) is 14.2 Å². The third kappa shape index (κ3) is 12.3. The first-order chi connectivity index (χ1) is 15.2. The standard InChI is InChI=1S/C21H34NO8PS/c1-29-16-14-17(30-2)21(18(15-16)32-13-9-11-20(24)25)22-19(23)10-7-5-3-4-6-8-12-31(26,27)28/h14-15H,3-13H2,1-2H3,(H,22,23)(H,24,25)(H2,26,27,28). The molecule has 0 aliphatic rings. The summed E-state index contributed by atoms with van der Waals surface area (Å²) in [6.45, 7) is 0. The Morgan fingerprint density at radius 1 is 0.969 bits per heavy atom. The second-order valence-corrected chi connectivity index (χ2v) is 10.3. The molecule has 0 heterocycles. The number of carboxylic acids is 1. The fraction of sp³-hybridized carbons (Fsp3) is 0.619. The average Bonchev–Trinajstić information content (AvgIpc) is 2.72. The van der Waals surface area contributed by atoms with Crippen molar-refractivity contribution in [2.45, 2.75) is 62.7 Å². The van der Waals surface area contributed by atoms with E-state index in [2.05, 4.69) is 5.32 Å². The fourth-order valence-corrected chi connectivity index (χ4v) is 4.64. The molecule has 9 nitrogen and oxygen atoms in total. The number of benzene rings is 1. The van der Waals surface area contributed by atoms with Crippen molar-refractivity contribution in [3.05, 3.63) is 12.1 Å². The first-order valence-corrected chi connectivity index (χ1v) is 13.4. The third-order valence-electron chi connectivity index (χ3n) is 4.66. The molecule has 0 bridgehead atoms. The van der Waals surface area contributed by atoms with Gasteiger partial charge in [-0.25, -0.2) is 0 Å². The molecule has 0 saturated carbocycles. The Balaban J connectivity index is 2.54. The van der Waals surface area contributed by atoms with E-state index >= 15 is 0 Å². The van der Waals surface area contributed by atoms with Gasteiger partial charge in [-0.1, -0.05) is 25.7 Å². The van der Waals surface area contributed by atoms with Gasteiger partial charge in [-0.15, -0.1) is 11.8 Å². The highest BCUT2D eigenvalue weighted by Crippen LogP contribution is 2.40. The van der Waals surface area contributed by atoms with E-state index in [1.165, 1.54) is 26.0 Å². The molecule has 0 radical (unpaired) electrons. The van der Waals surface area contributed by atoms with E-state index in [1.54, 1.807) is 12.1 Å². The SMILES string of the molecule is COc1cc(OC)c(NC(=O)CCCCCCCCP(=O)(O)O)c(SCCCC(=O)O)c1. The molecule has 1 aromatic carbocycles. The van der Waals surface area contributed by atoms with Crippen molar-refractivity contribution in [2.24, 2.45) is 0 Å². The highest BCUT2D eigenvalue weighted by Gasteiger charge is 2.16. The highest BCUT2D eigenvalue weighted by molar-refractivity contribution is 7.99. The van der Waals surface area contributed by atoms with E-state index < -0.39 is 13.6 Å². The number of nitrogens with one attached hydrogen (secondary N) is 1. The molecular weight excluding hydrogens is 457 g/mol. The summed E-state index contributed by atoms with van der Waals surface area (Å²) >= 11 is 1.44. The Morgan fingerprint density at radius 2 is 1.62 bits per heavy atom. The van der Waals surface area contributed by atoms with Crippen LogP contribution in [0.3, 0.4) is 0 Å². The van der Waals surface area contributed by atoms with E-state index in [-0.39, 0.29) is 18.5 Å². The van der Waals surface area contributed by atoms with Crippen molar-refractivity contribution in [1.29, 1.82) is 0 Å². The van der Waals surface area contributed by atoms with Gasteiger partial charge >= 0.3 is 13.6 Å². The predicted molar refractivity (Wildman–Crippen MR) is 125 cm³/mol. The number of rotatable bonds is 17. The van der Waals surface area contributed by atoms with Crippen LogP contribution in [0.15, 0.2) is 17.0 Å². The lowest BCUT2D eigenvalue weighted by molar-refractivity contribution is -0.137. The van der Waals surface area contributed by atoms with Crippen LogP contribution < -0.4 is 14.8 Å². The summed E-state index contributed by atoms with van der Waals surface area (Å²) in [5, 5.41) is 11.7. The van der Waals surface area contributed by atoms with E-state index in [1.807, 2.05) is 0 Å². The zero-order valence-electron chi connectivity index (χ0n) is 18.7. The number of hydrogen-bond acceptors (Lipinski definition) is 6. The second kappa shape index (κ2) is 15.2. The van der Waals surface area contributed by atoms with Crippen LogP contribution in [0.5, 0.6) is 11.5 Å². The molecule has 32 heavy (non-hydrogen) atoms. The van der Waals surface area contributed by atoms with Crippen molar-refractivity contribution in [3.8, 4) is 11.5 Å². The number of methoxy groups -OCH3 is 2. The summed E-state index contributed by atoms with van der Waals surface area (Å²) in [6.07, 6.45) is 5.49. The number of thioether (sulfide) groups is 1. The maximum atomic E-state index is 12.5. The monoisotopic (exact) mass is 491 g/mol. The first kappa shape index (κ1) is 28.3. The van der Waals surface area contributed by atoms with Gasteiger partial charge < -0.3 is 29.7 Å². The zero-order chi connectivity index (χ0) is 24.0. The number of anilines is 1. The summed E-state index contributed by atoms with van der Waals surface area (Å²) in [5.41, 5.74) is 0.552. The number of ether oxygens (including phenoxy) is 2. The average molecular weight is 492 g/mol. The van der Waals surface area contributed by atoms with Gasteiger partial charge in [0.25, 0.3) is 0 Å². The molecule has 0 fully saturated rings. The number of amides is 1. The lowest BCUT2D eigenvalue weighted by Gasteiger charge is -2.16. The molecule has 11 heteroatoms. The Labute approximate surface area is 193 Å². The van der Waals surface area contributed by atoms with Crippen LogP contribution in [-0.4, -0.2) is 52.9 Å². The molecule has 0 saturated heterocycles. The fourth-order valence-electron chi connectivity index (χ4n) is 3.00. The lowest BCUT2D eigenvalue weighted by Crippen LogP contribution is -2.13. The Morgan fingerprint density at radius 3 is 2.22 bits per heavy atom. The molecule has 4 N–H and O–H groups in total. The minimum absolute atomic E-state index is 0.0737. The van der Waals surface area contributed by atoms with E-state index in [0.717, 1.165) is 30.6 Å². The molecule has 0 atom stereocenters. The minimum Gasteiger partial charge on any atom is -0.497 e. The molecule has 1 aromatic rings. The van der Waals surface area contributed by atoms with Crippen LogP contribution in [0.2, 0.25) is 0 Å². The normalized spacial score (nSPS) is 11.2. The number of carboxylic acid groups (broad SMARTS) is 1. The quantitative estimate of drug-likeness (QED) is 0.141. The molecule has 0 spiro atoms. The van der Waals surface area contributed by atoms with Crippen molar-refractivity contribution in [1.82, 2.24) is 0 Å². The van der Waals surface area contributed by atoms with Gasteiger partial charge in [-0.05, 0) is 31.1 Å². The summed E-state index contributed by atoms with van der Waals surface area (Å²) in [5.74, 6) is 0.655. The maximum Gasteiger partial charge on any atom is 0.325 e. The highest BCUT2D eigenvalue weighted by atomic mass is 32.2. The van der Waals surface area contributed by atoms with Gasteiger partial charge in [0.15, 0.2) is 0 Å². The summed E-state index contributed by atoms with van der Waals surface area (Å²) in [4.78, 5) is 41.6. The van der Waals surface area contributed by atoms with Crippen molar-refractivity contribution in [3.63, 3.8) is 0 Å². The molecule has 182 valence electrons. The predicted octanol–water partition coefficient (Wildman–Crippen LogP) is 4.51. The Hall–Kier alpha value is -1.74. The summed E-state index contributed by atoms with van der Waals surface area (Å²) in [6, 6.07) is 3.48. The number of carbonyl (C=O) groups excluding carboxylic acids is 1. The van der Waals surface area contributed by atoms with Gasteiger partial charge in [0.1, 0.15) is 11.5 Å². The molecule has 0 aromatic heterocycles. The lowest BCUT2D eigenvalue weighted by atomic mass is 10.1. The van der Waals surface area contributed by atoms with E-state index in [4.69, 9.17) is 24.4 Å². The van der Waals surface area contributed by atoms with Gasteiger partial charge in [0, 0.05) is 30.0 Å². The zero-order valence-corrected chi connectivity index (χ0v) is 20.4. The Bertz CT molecular complexity index is 783. The van der Waals surface area contributed by atoms with Gasteiger partial charge in [-0.2, -0.15) is 0 Å². The number of hydrogen-bond donors (Lipinski definition) is 4. The van der Waals surface area contributed by atoms with Crippen LogP contribution in [-0.2, 0) is 14.2 Å². The molecule has 0 aliphatic carbocycles. The van der Waals surface area contributed by atoms with Crippen molar-refractivity contribution < 1.29 is 38.5 Å². The Kier molecular flexibility index (Phi) is 13.4. The van der Waals surface area contributed by atoms with Crippen LogP contribution >= 0.6 is 19.4 Å². The van der Waals surface area contributed by atoms with Crippen molar-refractivity contribution >= 4 is 36.9 Å². The van der Waals surface area contributed by atoms with Crippen LogP contribution in [0.4, 0.5) is 5.69 Å². The molecule has 0 unspecified atom stereocenters. The van der Waals surface area contributed by atoms with Crippen LogP contribution in [0.1, 0.15) is 57.8 Å².